The zero-order valence-corrected chi connectivity index (χ0v) is 16.7. The van der Waals surface area contributed by atoms with Crippen LogP contribution in [-0.4, -0.2) is 32.0 Å². The monoisotopic (exact) mass is 375 g/mol. The number of allylic oxidation sites excluding steroid dienone is 1. The lowest BCUT2D eigenvalue weighted by atomic mass is 10.0. The molecule has 28 heavy (non-hydrogen) atoms. The molecule has 0 amide bonds. The quantitative estimate of drug-likeness (QED) is 0.750. The second-order valence-corrected chi connectivity index (χ2v) is 7.10. The van der Waals surface area contributed by atoms with Crippen molar-refractivity contribution in [2.75, 3.05) is 25.8 Å². The van der Waals surface area contributed by atoms with Gasteiger partial charge >= 0.3 is 0 Å². The molecular formula is C23H25N3O2. The summed E-state index contributed by atoms with van der Waals surface area (Å²) in [6.45, 7) is 5.20. The number of hydrogen-bond donors (Lipinski definition) is 0. The van der Waals surface area contributed by atoms with E-state index < -0.39 is 0 Å². The normalized spacial score (nSPS) is 15.5. The summed E-state index contributed by atoms with van der Waals surface area (Å²) in [4.78, 5) is 4.55. The lowest BCUT2D eigenvalue weighted by Crippen LogP contribution is -2.37. The van der Waals surface area contributed by atoms with Crippen LogP contribution in [0.15, 0.2) is 65.4 Å². The zero-order chi connectivity index (χ0) is 19.7. The van der Waals surface area contributed by atoms with Gasteiger partial charge in [0, 0.05) is 11.8 Å². The van der Waals surface area contributed by atoms with E-state index in [1.807, 2.05) is 30.5 Å². The summed E-state index contributed by atoms with van der Waals surface area (Å²) in [7, 11) is 3.30. The van der Waals surface area contributed by atoms with Crippen LogP contribution in [0, 0.1) is 0 Å². The summed E-state index contributed by atoms with van der Waals surface area (Å²) in [5, 5.41) is 4.39. The molecule has 0 atom stereocenters. The van der Waals surface area contributed by atoms with Crippen LogP contribution in [0.5, 0.6) is 11.5 Å². The minimum absolute atomic E-state index is 0.517. The third-order valence-electron chi connectivity index (χ3n) is 5.11. The highest BCUT2D eigenvalue weighted by molar-refractivity contribution is 5.88. The van der Waals surface area contributed by atoms with Gasteiger partial charge in [0.05, 0.1) is 32.1 Å². The Morgan fingerprint density at radius 3 is 2.39 bits per heavy atom. The van der Waals surface area contributed by atoms with Gasteiger partial charge in [0.1, 0.15) is 5.82 Å². The van der Waals surface area contributed by atoms with E-state index in [-0.39, 0.29) is 0 Å². The van der Waals surface area contributed by atoms with Gasteiger partial charge in [0.2, 0.25) is 0 Å². The molecule has 0 saturated carbocycles. The predicted octanol–water partition coefficient (Wildman–Crippen LogP) is 4.83. The van der Waals surface area contributed by atoms with Crippen molar-refractivity contribution in [3.05, 3.63) is 71.6 Å². The SMILES string of the molecule is COc1ccc(C2=CC=NC3=CCN(c4ccc(C(C)C)cc4)N32)cc1OC. The second kappa shape index (κ2) is 7.43. The molecule has 0 aromatic heterocycles. The number of hydrogen-bond acceptors (Lipinski definition) is 5. The maximum absolute atomic E-state index is 5.49. The number of anilines is 1. The molecule has 2 aliphatic heterocycles. The first kappa shape index (κ1) is 18.2. The van der Waals surface area contributed by atoms with Gasteiger partial charge < -0.3 is 9.47 Å². The van der Waals surface area contributed by atoms with Crippen molar-refractivity contribution in [2.45, 2.75) is 19.8 Å². The molecule has 0 spiro atoms. The topological polar surface area (TPSA) is 37.3 Å². The van der Waals surface area contributed by atoms with Gasteiger partial charge in [0.25, 0.3) is 0 Å². The third kappa shape index (κ3) is 3.13. The minimum Gasteiger partial charge on any atom is -0.493 e. The fraction of sp³-hybridized carbons (Fsp3) is 0.261. The summed E-state index contributed by atoms with van der Waals surface area (Å²) in [6.07, 6.45) is 6.01. The first-order valence-corrected chi connectivity index (χ1v) is 9.47. The van der Waals surface area contributed by atoms with Gasteiger partial charge in [-0.05, 0) is 54.0 Å². The van der Waals surface area contributed by atoms with E-state index in [1.165, 1.54) is 5.56 Å². The van der Waals surface area contributed by atoms with Crippen LogP contribution in [0.3, 0.4) is 0 Å². The summed E-state index contributed by atoms with van der Waals surface area (Å²) in [5.41, 5.74) is 4.57. The average Bonchev–Trinajstić information content (AvgIpc) is 3.17. The number of hydrazine groups is 1. The van der Waals surface area contributed by atoms with Crippen molar-refractivity contribution >= 4 is 17.6 Å². The Kier molecular flexibility index (Phi) is 4.82. The van der Waals surface area contributed by atoms with Crippen molar-refractivity contribution in [2.24, 2.45) is 4.99 Å². The number of nitrogens with zero attached hydrogens (tertiary/aromatic N) is 3. The Hall–Kier alpha value is -3.21. The van der Waals surface area contributed by atoms with Gasteiger partial charge in [-0.1, -0.05) is 26.0 Å². The Morgan fingerprint density at radius 2 is 1.71 bits per heavy atom. The van der Waals surface area contributed by atoms with E-state index in [9.17, 15) is 0 Å². The van der Waals surface area contributed by atoms with E-state index in [1.54, 1.807) is 14.2 Å². The van der Waals surface area contributed by atoms with Crippen molar-refractivity contribution in [3.63, 3.8) is 0 Å². The molecule has 5 nitrogen and oxygen atoms in total. The molecule has 0 aliphatic carbocycles. The van der Waals surface area contributed by atoms with Crippen molar-refractivity contribution in [1.29, 1.82) is 0 Å². The fourth-order valence-corrected chi connectivity index (χ4v) is 3.54. The number of aliphatic imine (C=N–C) groups is 1. The summed E-state index contributed by atoms with van der Waals surface area (Å²) >= 11 is 0. The lowest BCUT2D eigenvalue weighted by molar-refractivity contribution is 0.354. The lowest BCUT2D eigenvalue weighted by Gasteiger charge is -2.35. The molecule has 0 fully saturated rings. The van der Waals surface area contributed by atoms with Gasteiger partial charge in [-0.3, -0.25) is 5.01 Å². The van der Waals surface area contributed by atoms with Gasteiger partial charge in [-0.15, -0.1) is 0 Å². The Labute approximate surface area is 166 Å². The summed E-state index contributed by atoms with van der Waals surface area (Å²) in [5.74, 6) is 2.87. The van der Waals surface area contributed by atoms with E-state index >= 15 is 0 Å². The van der Waals surface area contributed by atoms with E-state index in [0.29, 0.717) is 11.7 Å². The van der Waals surface area contributed by atoms with Crippen LogP contribution in [0.2, 0.25) is 0 Å². The van der Waals surface area contributed by atoms with Gasteiger partial charge in [-0.2, -0.15) is 0 Å². The Balaban J connectivity index is 1.70. The van der Waals surface area contributed by atoms with Gasteiger partial charge in [0.15, 0.2) is 11.5 Å². The standard InChI is InChI=1S/C23H25N3O2/c1-16(2)17-5-8-19(9-6-17)25-14-12-23-24-13-11-20(26(23)25)18-7-10-21(27-3)22(15-18)28-4/h5-13,15-16H,14H2,1-4H3. The molecule has 0 saturated heterocycles. The van der Waals surface area contributed by atoms with Crippen LogP contribution in [-0.2, 0) is 0 Å². The Morgan fingerprint density at radius 1 is 0.964 bits per heavy atom. The van der Waals surface area contributed by atoms with E-state index in [2.05, 4.69) is 59.2 Å². The highest BCUT2D eigenvalue weighted by Crippen LogP contribution is 2.38. The van der Waals surface area contributed by atoms with Crippen LogP contribution in [0.25, 0.3) is 5.70 Å². The van der Waals surface area contributed by atoms with Crippen LogP contribution in [0.1, 0.15) is 30.9 Å². The number of rotatable bonds is 5. The molecule has 2 aromatic rings. The third-order valence-corrected chi connectivity index (χ3v) is 5.11. The van der Waals surface area contributed by atoms with Crippen LogP contribution in [0.4, 0.5) is 5.69 Å². The molecule has 5 heteroatoms. The molecule has 2 aliphatic rings. The highest BCUT2D eigenvalue weighted by Gasteiger charge is 2.30. The molecule has 144 valence electrons. The van der Waals surface area contributed by atoms with E-state index in [0.717, 1.165) is 35.1 Å². The largest absolute Gasteiger partial charge is 0.493 e. The molecule has 0 bridgehead atoms. The van der Waals surface area contributed by atoms with Crippen molar-refractivity contribution in [3.8, 4) is 11.5 Å². The first-order chi connectivity index (χ1) is 13.6. The van der Waals surface area contributed by atoms with Crippen molar-refractivity contribution in [1.82, 2.24) is 5.01 Å². The Bertz CT molecular complexity index is 958. The summed E-state index contributed by atoms with van der Waals surface area (Å²) < 4.78 is 10.9. The fourth-order valence-electron chi connectivity index (χ4n) is 3.54. The molecule has 2 heterocycles. The number of methoxy groups -OCH3 is 2. The second-order valence-electron chi connectivity index (χ2n) is 7.10. The van der Waals surface area contributed by atoms with Crippen LogP contribution >= 0.6 is 0 Å². The number of fused-ring (bicyclic) bond motifs is 1. The molecule has 0 radical (unpaired) electrons. The maximum atomic E-state index is 5.49. The predicted molar refractivity (Wildman–Crippen MR) is 114 cm³/mol. The minimum atomic E-state index is 0.517. The molecule has 0 N–H and O–H groups in total. The zero-order valence-electron chi connectivity index (χ0n) is 16.7. The van der Waals surface area contributed by atoms with Gasteiger partial charge in [-0.25, -0.2) is 10.0 Å². The maximum Gasteiger partial charge on any atom is 0.161 e. The molecule has 0 unspecified atom stereocenters. The summed E-state index contributed by atoms with van der Waals surface area (Å²) in [6, 6.07) is 14.7. The number of benzene rings is 2. The first-order valence-electron chi connectivity index (χ1n) is 9.47. The van der Waals surface area contributed by atoms with E-state index in [4.69, 9.17) is 9.47 Å². The molecule has 4 rings (SSSR count). The number of ether oxygens (including phenoxy) is 2. The highest BCUT2D eigenvalue weighted by atomic mass is 16.5. The average molecular weight is 375 g/mol. The molecule has 2 aromatic carbocycles. The van der Waals surface area contributed by atoms with Crippen LogP contribution < -0.4 is 14.5 Å². The smallest absolute Gasteiger partial charge is 0.161 e. The van der Waals surface area contributed by atoms with Crippen molar-refractivity contribution < 1.29 is 9.47 Å². The molecular weight excluding hydrogens is 350 g/mol.